The van der Waals surface area contributed by atoms with Gasteiger partial charge in [0.05, 0.1) is 101 Å². The first-order valence-corrected chi connectivity index (χ1v) is 27.6. The summed E-state index contributed by atoms with van der Waals surface area (Å²) >= 11 is 3.66. The number of thioether (sulfide) groups is 2. The fourth-order valence-electron chi connectivity index (χ4n) is 10.2. The Balaban J connectivity index is 0.889. The van der Waals surface area contributed by atoms with Crippen LogP contribution in [0, 0.1) is 0 Å². The molecule has 12 heteroatoms. The zero-order valence-corrected chi connectivity index (χ0v) is 46.4. The molecule has 0 bridgehead atoms. The van der Waals surface area contributed by atoms with Crippen LogP contribution in [-0.4, -0.2) is 131 Å². The van der Waals surface area contributed by atoms with Crippen LogP contribution in [0.3, 0.4) is 0 Å². The molecule has 2 aromatic heterocycles. The van der Waals surface area contributed by atoms with Gasteiger partial charge in [0.15, 0.2) is 13.1 Å². The summed E-state index contributed by atoms with van der Waals surface area (Å²) in [6.45, 7) is 19.0. The largest absolute Gasteiger partial charge is 0.405 e. The first-order chi connectivity index (χ1) is 34.1. The minimum atomic E-state index is 0.902. The Labute approximate surface area is 432 Å². The highest BCUT2D eigenvalue weighted by Crippen LogP contribution is 2.47. The predicted octanol–water partition coefficient (Wildman–Crippen LogP) is 10.8. The van der Waals surface area contributed by atoms with Crippen molar-refractivity contribution in [3.05, 3.63) is 129 Å². The van der Waals surface area contributed by atoms with E-state index in [0.717, 1.165) is 120 Å². The molecule has 0 amide bonds. The minimum Gasteiger partial charge on any atom is -0.405 e. The molecule has 0 spiro atoms. The summed E-state index contributed by atoms with van der Waals surface area (Å²) in [7, 11) is 18.2. The fourth-order valence-corrected chi connectivity index (χ4v) is 12.4. The van der Waals surface area contributed by atoms with Gasteiger partial charge in [0.1, 0.15) is 25.3 Å². The van der Waals surface area contributed by atoms with Crippen molar-refractivity contribution in [1.82, 2.24) is 9.15 Å². The second-order valence-corrected chi connectivity index (χ2v) is 22.8. The molecular formula is C59H80N8O2S2+4. The molecule has 0 atom stereocenters. The Kier molecular flexibility index (Phi) is 16.5. The Morgan fingerprint density at radius 3 is 1.48 bits per heavy atom. The van der Waals surface area contributed by atoms with Crippen LogP contribution in [0.15, 0.2) is 126 Å². The van der Waals surface area contributed by atoms with Crippen molar-refractivity contribution in [1.29, 1.82) is 0 Å². The van der Waals surface area contributed by atoms with Crippen molar-refractivity contribution in [2.24, 2.45) is 0 Å². The summed E-state index contributed by atoms with van der Waals surface area (Å²) in [6, 6.07) is 35.2. The van der Waals surface area contributed by atoms with Crippen molar-refractivity contribution < 1.29 is 17.8 Å². The van der Waals surface area contributed by atoms with Crippen molar-refractivity contribution in [2.45, 2.75) is 56.7 Å². The lowest BCUT2D eigenvalue weighted by atomic mass is 10.1. The summed E-state index contributed by atoms with van der Waals surface area (Å²) in [5, 5.41) is 4.70. The molecular weight excluding hydrogens is 917 g/mol. The molecule has 0 N–H and O–H groups in total. The molecule has 8 rings (SSSR count). The number of hydrogen-bond donors (Lipinski definition) is 0. The van der Waals surface area contributed by atoms with Crippen molar-refractivity contribution in [3.8, 4) is 0 Å². The van der Waals surface area contributed by atoms with E-state index >= 15 is 0 Å². The van der Waals surface area contributed by atoms with Crippen LogP contribution >= 0.6 is 23.5 Å². The van der Waals surface area contributed by atoms with Crippen molar-refractivity contribution in [3.63, 3.8) is 0 Å². The van der Waals surface area contributed by atoms with Gasteiger partial charge in [-0.3, -0.25) is 0 Å². The van der Waals surface area contributed by atoms with Crippen LogP contribution in [-0.2, 0) is 0 Å². The second-order valence-electron chi connectivity index (χ2n) is 20.7. The lowest BCUT2D eigenvalue weighted by Gasteiger charge is -2.33. The number of hydrogen-bond acceptors (Lipinski definition) is 8. The lowest BCUT2D eigenvalue weighted by molar-refractivity contribution is -0.909. The molecule has 0 saturated heterocycles. The maximum absolute atomic E-state index is 6.76. The predicted molar refractivity (Wildman–Crippen MR) is 307 cm³/mol. The van der Waals surface area contributed by atoms with Crippen LogP contribution in [0.1, 0.15) is 58.1 Å². The van der Waals surface area contributed by atoms with Crippen molar-refractivity contribution >= 4 is 80.4 Å². The third-order valence-corrected chi connectivity index (χ3v) is 17.0. The van der Waals surface area contributed by atoms with Gasteiger partial charge >= 0.3 is 11.1 Å². The highest BCUT2D eigenvalue weighted by atomic mass is 32.2. The molecule has 0 fully saturated rings. The van der Waals surface area contributed by atoms with E-state index in [4.69, 9.17) is 8.83 Å². The van der Waals surface area contributed by atoms with Gasteiger partial charge in [-0.1, -0.05) is 47.8 Å². The molecule has 0 aliphatic carbocycles. The van der Waals surface area contributed by atoms with Gasteiger partial charge in [-0.25, -0.2) is 9.15 Å². The van der Waals surface area contributed by atoms with Gasteiger partial charge in [0, 0.05) is 90.8 Å². The van der Waals surface area contributed by atoms with Gasteiger partial charge in [-0.05, 0) is 99.5 Å². The van der Waals surface area contributed by atoms with Crippen LogP contribution in [0.25, 0.3) is 34.1 Å². The lowest BCUT2D eigenvalue weighted by Crippen LogP contribution is -2.47. The number of nitrogens with zero attached hydrogens (tertiary/aromatic N) is 8. The van der Waals surface area contributed by atoms with E-state index in [9.17, 15) is 0 Å². The molecule has 10 nitrogen and oxygen atoms in total. The van der Waals surface area contributed by atoms with E-state index in [-0.39, 0.29) is 0 Å². The molecule has 0 saturated carbocycles. The Morgan fingerprint density at radius 2 is 0.958 bits per heavy atom. The summed E-state index contributed by atoms with van der Waals surface area (Å²) in [5.41, 5.74) is 10.9. The van der Waals surface area contributed by atoms with Gasteiger partial charge in [0.25, 0.3) is 0 Å². The third kappa shape index (κ3) is 12.1. The van der Waals surface area contributed by atoms with Gasteiger partial charge < -0.3 is 37.4 Å². The monoisotopic (exact) mass is 997 g/mol. The maximum Gasteiger partial charge on any atom is 0.368 e. The van der Waals surface area contributed by atoms with Crippen LogP contribution in [0.5, 0.6) is 0 Å². The smallest absolute Gasteiger partial charge is 0.368 e. The average molecular weight is 997 g/mol. The zero-order valence-electron chi connectivity index (χ0n) is 44.8. The number of para-hydroxylation sites is 2. The Bertz CT molecular complexity index is 3070. The summed E-state index contributed by atoms with van der Waals surface area (Å²) in [5.74, 6) is 0. The molecule has 2 aliphatic rings. The van der Waals surface area contributed by atoms with E-state index in [2.05, 4.69) is 222 Å². The molecule has 71 heavy (non-hydrogen) atoms. The molecule has 4 aromatic carbocycles. The molecule has 0 unspecified atom stereocenters. The van der Waals surface area contributed by atoms with E-state index < -0.39 is 0 Å². The summed E-state index contributed by atoms with van der Waals surface area (Å²) in [4.78, 5) is 12.0. The fraction of sp³-hybridized carbons (Fsp3) is 0.424. The standard InChI is InChI=1S/C59H80N8O2S2/c1-13-64(14-2)46-28-29-48-45(41-59-63(8)51-25-18-20-27-55(51)71-59)39-57(69-52(48)42-46)61(6)33-22-35-67(11,12)37-23-36-66(9,10)34-21-32-60(5)56-31-30-49-44(38-47(43-53(49)68-56)65(15-3)16-4)40-58-62(7)50-24-17-19-26-54(50)70-58/h17-20,24-31,38-43H,13-16,21-23,32-37H2,1-12H3/q+4. The number of rotatable bonds is 20. The third-order valence-electron chi connectivity index (χ3n) is 14.7. The second kappa shape index (κ2) is 22.6. The number of benzene rings is 4. The summed E-state index contributed by atoms with van der Waals surface area (Å²) in [6.07, 6.45) is 8.00. The Hall–Kier alpha value is -5.40. The normalized spacial score (nSPS) is 15.8. The first-order valence-electron chi connectivity index (χ1n) is 25.9. The molecule has 0 radical (unpaired) electrons. The average Bonchev–Trinajstić information content (AvgIpc) is 3.85. The van der Waals surface area contributed by atoms with E-state index in [0.29, 0.717) is 0 Å². The van der Waals surface area contributed by atoms with E-state index in [1.807, 2.05) is 23.5 Å². The quantitative estimate of drug-likeness (QED) is 0.0554. The van der Waals surface area contributed by atoms with Gasteiger partial charge in [0.2, 0.25) is 0 Å². The molecule has 4 heterocycles. The topological polar surface area (TPSA) is 45.3 Å². The van der Waals surface area contributed by atoms with Gasteiger partial charge in [-0.2, -0.15) is 0 Å². The minimum absolute atomic E-state index is 0.902. The number of anilines is 4. The van der Waals surface area contributed by atoms with Crippen molar-refractivity contribution in [2.75, 3.05) is 141 Å². The van der Waals surface area contributed by atoms with Crippen LogP contribution in [0.4, 0.5) is 22.7 Å². The number of fused-ring (bicyclic) bond motifs is 4. The summed E-state index contributed by atoms with van der Waals surface area (Å²) < 4.78 is 20.1. The van der Waals surface area contributed by atoms with Gasteiger partial charge in [-0.15, -0.1) is 0 Å². The molecule has 6 aromatic rings. The molecule has 376 valence electrons. The highest BCUT2D eigenvalue weighted by Gasteiger charge is 2.25. The van der Waals surface area contributed by atoms with E-state index in [1.54, 1.807) is 0 Å². The number of quaternary nitrogens is 2. The zero-order chi connectivity index (χ0) is 50.5. The molecule has 2 aliphatic heterocycles. The highest BCUT2D eigenvalue weighted by molar-refractivity contribution is 8.04. The van der Waals surface area contributed by atoms with Crippen LogP contribution < -0.4 is 39.9 Å². The first kappa shape index (κ1) is 51.9. The maximum atomic E-state index is 6.76. The Morgan fingerprint density at radius 1 is 0.521 bits per heavy atom. The van der Waals surface area contributed by atoms with Crippen LogP contribution in [0.2, 0.25) is 0 Å². The SMILES string of the molecule is CCN(CC)c1cc(C=C2Sc3ccccc3N2C)c2ccc(=[N+](C)CCC[N+](C)(C)CCC[N+](C)(C)CCC[N+](C)=c3cc(C=C4Sc5ccccc5N4C)c4ccc(N(CC)CC)cc4o3)oc2c1. The van der Waals surface area contributed by atoms with E-state index in [1.165, 1.54) is 60.1 Å².